The summed E-state index contributed by atoms with van der Waals surface area (Å²) in [5, 5.41) is 21.6. The predicted molar refractivity (Wildman–Crippen MR) is 71.7 cm³/mol. The van der Waals surface area contributed by atoms with Crippen LogP contribution in [0.25, 0.3) is 5.82 Å². The molecule has 2 aromatic heterocycles. The van der Waals surface area contributed by atoms with Gasteiger partial charge < -0.3 is 10.8 Å². The number of aromatic carboxylic acids is 1. The zero-order valence-corrected chi connectivity index (χ0v) is 11.3. The van der Waals surface area contributed by atoms with Gasteiger partial charge in [0.1, 0.15) is 16.4 Å². The van der Waals surface area contributed by atoms with Gasteiger partial charge in [-0.3, -0.25) is 0 Å². The Morgan fingerprint density at radius 1 is 1.47 bits per heavy atom. The van der Waals surface area contributed by atoms with Crippen molar-refractivity contribution >= 4 is 23.5 Å². The van der Waals surface area contributed by atoms with Crippen LogP contribution in [0.5, 0.6) is 0 Å². The van der Waals surface area contributed by atoms with E-state index in [0.717, 1.165) is 5.69 Å². The number of carbonyl (C=O) groups is 1. The maximum absolute atomic E-state index is 11.2. The minimum atomic E-state index is -1.10. The first-order valence-electron chi connectivity index (χ1n) is 5.60. The second-order valence-electron chi connectivity index (χ2n) is 3.75. The van der Waals surface area contributed by atoms with Gasteiger partial charge in [-0.25, -0.2) is 4.79 Å². The molecule has 8 heteroatoms. The minimum absolute atomic E-state index is 0.00854. The molecule has 0 bridgehead atoms. The molecule has 2 heterocycles. The van der Waals surface area contributed by atoms with Crippen LogP contribution in [0, 0.1) is 6.92 Å². The largest absolute Gasteiger partial charge is 0.477 e. The average molecular weight is 279 g/mol. The lowest BCUT2D eigenvalue weighted by Gasteiger charge is -2.01. The summed E-state index contributed by atoms with van der Waals surface area (Å²) in [7, 11) is 0. The molecule has 0 atom stereocenters. The smallest absolute Gasteiger partial charge is 0.342 e. The van der Waals surface area contributed by atoms with E-state index in [2.05, 4.69) is 15.3 Å². The second-order valence-corrected chi connectivity index (χ2v) is 5.00. The summed E-state index contributed by atoms with van der Waals surface area (Å²) in [5.41, 5.74) is 6.61. The van der Waals surface area contributed by atoms with E-state index in [4.69, 9.17) is 5.73 Å². The summed E-state index contributed by atoms with van der Waals surface area (Å²) < 4.78 is 1.30. The number of carboxylic acid groups (broad SMARTS) is 1. The van der Waals surface area contributed by atoms with Crippen LogP contribution in [-0.4, -0.2) is 36.8 Å². The van der Waals surface area contributed by atoms with Crippen molar-refractivity contribution in [3.63, 3.8) is 0 Å². The lowest BCUT2D eigenvalue weighted by atomic mass is 10.3. The summed E-state index contributed by atoms with van der Waals surface area (Å²) in [6.45, 7) is 3.72. The van der Waals surface area contributed by atoms with E-state index in [1.54, 1.807) is 12.1 Å². The molecule has 7 nitrogen and oxygen atoms in total. The van der Waals surface area contributed by atoms with Crippen LogP contribution in [0.1, 0.15) is 23.0 Å². The molecule has 0 radical (unpaired) electrons. The van der Waals surface area contributed by atoms with Crippen molar-refractivity contribution in [3.05, 3.63) is 23.4 Å². The van der Waals surface area contributed by atoms with Crippen molar-refractivity contribution in [2.24, 2.45) is 0 Å². The van der Waals surface area contributed by atoms with Crippen molar-refractivity contribution < 1.29 is 9.90 Å². The number of hydrogen-bond donors (Lipinski definition) is 2. The number of aromatic nitrogens is 4. The van der Waals surface area contributed by atoms with Crippen LogP contribution >= 0.6 is 11.8 Å². The molecular formula is C11H13N5O2S. The number of carboxylic acids is 1. The molecule has 2 rings (SSSR count). The molecule has 0 fully saturated rings. The number of nitrogen functional groups attached to an aromatic ring is 1. The van der Waals surface area contributed by atoms with Crippen LogP contribution in [-0.2, 0) is 0 Å². The van der Waals surface area contributed by atoms with Gasteiger partial charge in [0, 0.05) is 0 Å². The maximum Gasteiger partial charge on any atom is 0.342 e. The van der Waals surface area contributed by atoms with Crippen LogP contribution in [0.15, 0.2) is 17.2 Å². The van der Waals surface area contributed by atoms with Crippen LogP contribution in [0.2, 0.25) is 0 Å². The van der Waals surface area contributed by atoms with Crippen LogP contribution in [0.3, 0.4) is 0 Å². The van der Waals surface area contributed by atoms with E-state index in [1.165, 1.54) is 16.4 Å². The van der Waals surface area contributed by atoms with E-state index in [-0.39, 0.29) is 11.4 Å². The SMILES string of the molecule is CCSc1nn(-c2ccc(C)nn2)c(N)c1C(=O)O. The van der Waals surface area contributed by atoms with Gasteiger partial charge in [0.25, 0.3) is 0 Å². The fourth-order valence-electron chi connectivity index (χ4n) is 1.53. The molecule has 0 aliphatic heterocycles. The highest BCUT2D eigenvalue weighted by Crippen LogP contribution is 2.27. The first-order chi connectivity index (χ1) is 9.04. The van der Waals surface area contributed by atoms with Gasteiger partial charge in [0.05, 0.1) is 5.69 Å². The van der Waals surface area contributed by atoms with Gasteiger partial charge in [-0.2, -0.15) is 14.9 Å². The maximum atomic E-state index is 11.2. The van der Waals surface area contributed by atoms with Crippen molar-refractivity contribution in [1.29, 1.82) is 0 Å². The number of rotatable bonds is 4. The van der Waals surface area contributed by atoms with Gasteiger partial charge in [-0.05, 0) is 24.8 Å². The summed E-state index contributed by atoms with van der Waals surface area (Å²) >= 11 is 1.32. The number of aryl methyl sites for hydroxylation is 1. The van der Waals surface area contributed by atoms with Crippen molar-refractivity contribution in [2.45, 2.75) is 18.9 Å². The Kier molecular flexibility index (Phi) is 3.70. The second kappa shape index (κ2) is 5.27. The van der Waals surface area contributed by atoms with Gasteiger partial charge in [-0.1, -0.05) is 6.92 Å². The molecule has 0 aliphatic carbocycles. The summed E-state index contributed by atoms with van der Waals surface area (Å²) in [5.74, 6) is 0.0611. The van der Waals surface area contributed by atoms with E-state index in [0.29, 0.717) is 16.6 Å². The zero-order valence-electron chi connectivity index (χ0n) is 10.5. The quantitative estimate of drug-likeness (QED) is 0.814. The van der Waals surface area contributed by atoms with Gasteiger partial charge in [-0.15, -0.1) is 16.9 Å². The molecule has 0 saturated heterocycles. The highest BCUT2D eigenvalue weighted by atomic mass is 32.2. The Hall–Kier alpha value is -2.09. The third kappa shape index (κ3) is 2.53. The molecule has 0 aromatic carbocycles. The van der Waals surface area contributed by atoms with Crippen LogP contribution in [0.4, 0.5) is 5.82 Å². The minimum Gasteiger partial charge on any atom is -0.477 e. The zero-order chi connectivity index (χ0) is 14.0. The van der Waals surface area contributed by atoms with E-state index < -0.39 is 5.97 Å². The fraction of sp³-hybridized carbons (Fsp3) is 0.273. The lowest BCUT2D eigenvalue weighted by molar-refractivity contribution is 0.0694. The molecular weight excluding hydrogens is 266 g/mol. The molecule has 2 aromatic rings. The van der Waals surface area contributed by atoms with Gasteiger partial charge in [0.2, 0.25) is 0 Å². The Labute approximate surface area is 113 Å². The Balaban J connectivity index is 2.55. The average Bonchev–Trinajstić information content (AvgIpc) is 2.68. The van der Waals surface area contributed by atoms with E-state index >= 15 is 0 Å². The number of nitrogens with zero attached hydrogens (tertiary/aromatic N) is 4. The molecule has 19 heavy (non-hydrogen) atoms. The highest BCUT2D eigenvalue weighted by molar-refractivity contribution is 7.99. The molecule has 3 N–H and O–H groups in total. The number of anilines is 1. The van der Waals surface area contributed by atoms with Crippen molar-refractivity contribution in [3.8, 4) is 5.82 Å². The summed E-state index contributed by atoms with van der Waals surface area (Å²) in [6, 6.07) is 3.45. The third-order valence-corrected chi connectivity index (χ3v) is 3.23. The Morgan fingerprint density at radius 3 is 2.74 bits per heavy atom. The lowest BCUT2D eigenvalue weighted by Crippen LogP contribution is -2.07. The number of nitrogens with two attached hydrogens (primary N) is 1. The fourth-order valence-corrected chi connectivity index (χ4v) is 2.28. The normalized spacial score (nSPS) is 10.6. The molecule has 100 valence electrons. The number of hydrogen-bond acceptors (Lipinski definition) is 6. The Morgan fingerprint density at radius 2 is 2.21 bits per heavy atom. The number of thioether (sulfide) groups is 1. The van der Waals surface area contributed by atoms with Crippen molar-refractivity contribution in [2.75, 3.05) is 11.5 Å². The molecule has 0 spiro atoms. The molecule has 0 saturated carbocycles. The van der Waals surface area contributed by atoms with Gasteiger partial charge >= 0.3 is 5.97 Å². The molecule has 0 amide bonds. The standard InChI is InChI=1S/C11H13N5O2S/c1-3-19-10-8(11(17)18)9(12)16(15-10)7-5-4-6(2)13-14-7/h4-5H,3,12H2,1-2H3,(H,17,18). The predicted octanol–water partition coefficient (Wildman–Crippen LogP) is 1.36. The van der Waals surface area contributed by atoms with E-state index in [9.17, 15) is 9.90 Å². The molecule has 0 unspecified atom stereocenters. The third-order valence-electron chi connectivity index (χ3n) is 2.38. The van der Waals surface area contributed by atoms with Crippen LogP contribution < -0.4 is 5.73 Å². The molecule has 0 aliphatic rings. The monoisotopic (exact) mass is 279 g/mol. The summed E-state index contributed by atoms with van der Waals surface area (Å²) in [6.07, 6.45) is 0. The Bertz CT molecular complexity index is 608. The summed E-state index contributed by atoms with van der Waals surface area (Å²) in [4.78, 5) is 11.2. The topological polar surface area (TPSA) is 107 Å². The first kappa shape index (κ1) is 13.3. The van der Waals surface area contributed by atoms with Gasteiger partial charge in [0.15, 0.2) is 5.82 Å². The van der Waals surface area contributed by atoms with Crippen molar-refractivity contribution in [1.82, 2.24) is 20.0 Å². The highest BCUT2D eigenvalue weighted by Gasteiger charge is 2.22. The van der Waals surface area contributed by atoms with E-state index in [1.807, 2.05) is 13.8 Å². The first-order valence-corrected chi connectivity index (χ1v) is 6.58.